The van der Waals surface area contributed by atoms with Gasteiger partial charge in [0.25, 0.3) is 5.56 Å². The minimum absolute atomic E-state index is 0.105. The second-order valence-corrected chi connectivity index (χ2v) is 8.67. The van der Waals surface area contributed by atoms with Crippen molar-refractivity contribution in [1.82, 2.24) is 20.2 Å². The van der Waals surface area contributed by atoms with Crippen LogP contribution in [-0.4, -0.2) is 20.2 Å². The Morgan fingerprint density at radius 3 is 2.79 bits per heavy atom. The summed E-state index contributed by atoms with van der Waals surface area (Å²) in [4.78, 5) is 20.8. The molecule has 0 amide bonds. The molecule has 9 heteroatoms. The molecule has 0 radical (unpaired) electrons. The molecule has 0 aliphatic carbocycles. The first-order valence-electron chi connectivity index (χ1n) is 6.86. The zero-order valence-electron chi connectivity index (χ0n) is 12.0. The Balaban J connectivity index is 1.70. The van der Waals surface area contributed by atoms with Crippen molar-refractivity contribution in [1.29, 1.82) is 0 Å². The van der Waals surface area contributed by atoms with Crippen molar-refractivity contribution < 1.29 is 0 Å². The van der Waals surface area contributed by atoms with Gasteiger partial charge in [0.2, 0.25) is 0 Å². The summed E-state index contributed by atoms with van der Waals surface area (Å²) in [6, 6.07) is 7.91. The fraction of sp³-hybridized carbons (Fsp3) is 0.0667. The number of H-pyrrole nitrogens is 1. The second kappa shape index (κ2) is 6.75. The summed E-state index contributed by atoms with van der Waals surface area (Å²) >= 11 is 7.90. The van der Waals surface area contributed by atoms with E-state index < -0.39 is 0 Å². The van der Waals surface area contributed by atoms with Crippen molar-refractivity contribution in [3.63, 3.8) is 0 Å². The molecular formula is C15H9BrN4OS3. The van der Waals surface area contributed by atoms with Crippen LogP contribution in [0.5, 0.6) is 0 Å². The molecule has 24 heavy (non-hydrogen) atoms. The van der Waals surface area contributed by atoms with Crippen LogP contribution in [0.4, 0.5) is 0 Å². The van der Waals surface area contributed by atoms with E-state index in [-0.39, 0.29) is 5.56 Å². The lowest BCUT2D eigenvalue weighted by Crippen LogP contribution is -2.10. The molecule has 0 atom stereocenters. The summed E-state index contributed by atoms with van der Waals surface area (Å²) in [6.45, 7) is 0. The first kappa shape index (κ1) is 15.9. The predicted molar refractivity (Wildman–Crippen MR) is 103 cm³/mol. The lowest BCUT2D eigenvalue weighted by atomic mass is 10.1. The third-order valence-corrected chi connectivity index (χ3v) is 6.59. The normalized spacial score (nSPS) is 11.2. The summed E-state index contributed by atoms with van der Waals surface area (Å²) in [7, 11) is 0. The van der Waals surface area contributed by atoms with Gasteiger partial charge in [-0.2, -0.15) is 0 Å². The number of fused-ring (bicyclic) bond motifs is 1. The topological polar surface area (TPSA) is 71.5 Å². The number of halogens is 1. The van der Waals surface area contributed by atoms with Gasteiger partial charge in [0.15, 0.2) is 4.34 Å². The smallest absolute Gasteiger partial charge is 0.260 e. The summed E-state index contributed by atoms with van der Waals surface area (Å²) in [5.74, 6) is 1.21. The van der Waals surface area contributed by atoms with E-state index in [1.807, 2.05) is 29.6 Å². The van der Waals surface area contributed by atoms with Crippen LogP contribution in [-0.2, 0) is 5.75 Å². The highest BCUT2D eigenvalue weighted by Gasteiger charge is 2.13. The van der Waals surface area contributed by atoms with Gasteiger partial charge in [0.1, 0.15) is 16.2 Å². The van der Waals surface area contributed by atoms with E-state index in [2.05, 4.69) is 36.1 Å². The lowest BCUT2D eigenvalue weighted by Gasteiger charge is -2.01. The number of rotatable bonds is 4. The van der Waals surface area contributed by atoms with Gasteiger partial charge in [0.05, 0.1) is 11.1 Å². The predicted octanol–water partition coefficient (Wildman–Crippen LogP) is 4.56. The second-order valence-electron chi connectivity index (χ2n) is 4.84. The van der Waals surface area contributed by atoms with Crippen molar-refractivity contribution in [2.24, 2.45) is 0 Å². The molecule has 0 spiro atoms. The first-order chi connectivity index (χ1) is 11.7. The van der Waals surface area contributed by atoms with Gasteiger partial charge >= 0.3 is 0 Å². The third kappa shape index (κ3) is 3.16. The lowest BCUT2D eigenvalue weighted by molar-refractivity contribution is 1.00. The van der Waals surface area contributed by atoms with Crippen molar-refractivity contribution in [2.75, 3.05) is 0 Å². The van der Waals surface area contributed by atoms with Gasteiger partial charge in [-0.3, -0.25) is 4.79 Å². The molecule has 5 nitrogen and oxygen atoms in total. The van der Waals surface area contributed by atoms with Crippen molar-refractivity contribution in [3.05, 3.63) is 55.8 Å². The molecule has 120 valence electrons. The molecule has 1 aromatic carbocycles. The molecule has 0 aliphatic rings. The fourth-order valence-corrected chi connectivity index (χ4v) is 4.85. The standard InChI is InChI=1S/C15H9BrN4OS3/c16-9-3-1-8(2-4-9)10-5-22-14-12(10)13(21)18-11(19-14)6-23-15-20-17-7-24-15/h1-5,7H,6H2,(H,18,19,21). The monoisotopic (exact) mass is 436 g/mol. The van der Waals surface area contributed by atoms with Gasteiger partial charge in [-0.05, 0) is 17.7 Å². The Kier molecular flexibility index (Phi) is 4.49. The zero-order chi connectivity index (χ0) is 16.5. The van der Waals surface area contributed by atoms with E-state index >= 15 is 0 Å². The van der Waals surface area contributed by atoms with Gasteiger partial charge in [-0.1, -0.05) is 51.2 Å². The van der Waals surface area contributed by atoms with Gasteiger partial charge in [0, 0.05) is 15.4 Å². The van der Waals surface area contributed by atoms with Gasteiger partial charge in [-0.25, -0.2) is 4.98 Å². The number of thiophene rings is 1. The number of hydrogen-bond acceptors (Lipinski definition) is 7. The molecule has 4 aromatic rings. The zero-order valence-corrected chi connectivity index (χ0v) is 16.1. The van der Waals surface area contributed by atoms with Crippen molar-refractivity contribution in [2.45, 2.75) is 10.1 Å². The van der Waals surface area contributed by atoms with E-state index in [9.17, 15) is 4.79 Å². The molecule has 0 saturated heterocycles. The number of benzene rings is 1. The summed E-state index contributed by atoms with van der Waals surface area (Å²) in [5, 5.41) is 10.4. The largest absolute Gasteiger partial charge is 0.309 e. The number of nitrogens with zero attached hydrogens (tertiary/aromatic N) is 3. The van der Waals surface area contributed by atoms with E-state index in [4.69, 9.17) is 0 Å². The summed E-state index contributed by atoms with van der Waals surface area (Å²) in [6.07, 6.45) is 0. The molecule has 4 rings (SSSR count). The quantitative estimate of drug-likeness (QED) is 0.474. The van der Waals surface area contributed by atoms with E-state index in [1.54, 1.807) is 5.51 Å². The summed E-state index contributed by atoms with van der Waals surface area (Å²) in [5.41, 5.74) is 3.50. The number of thioether (sulfide) groups is 1. The molecule has 3 aromatic heterocycles. The Labute approximate surface area is 157 Å². The minimum Gasteiger partial charge on any atom is -0.309 e. The minimum atomic E-state index is -0.105. The molecule has 1 N–H and O–H groups in total. The molecule has 0 unspecified atom stereocenters. The van der Waals surface area contributed by atoms with Crippen molar-refractivity contribution >= 4 is 60.6 Å². The Morgan fingerprint density at radius 1 is 1.21 bits per heavy atom. The molecular weight excluding hydrogens is 428 g/mol. The first-order valence-corrected chi connectivity index (χ1v) is 10.4. The van der Waals surface area contributed by atoms with Crippen LogP contribution in [0, 0.1) is 0 Å². The van der Waals surface area contributed by atoms with Crippen LogP contribution in [0.3, 0.4) is 0 Å². The van der Waals surface area contributed by atoms with Crippen LogP contribution in [0.25, 0.3) is 21.3 Å². The molecule has 0 fully saturated rings. The van der Waals surface area contributed by atoms with E-state index in [0.29, 0.717) is 17.0 Å². The Morgan fingerprint density at radius 2 is 2.04 bits per heavy atom. The highest BCUT2D eigenvalue weighted by Crippen LogP contribution is 2.32. The average molecular weight is 437 g/mol. The molecule has 0 saturated carbocycles. The fourth-order valence-electron chi connectivity index (χ4n) is 2.26. The third-order valence-electron chi connectivity index (χ3n) is 3.32. The average Bonchev–Trinajstić information content (AvgIpc) is 3.23. The van der Waals surface area contributed by atoms with Crippen LogP contribution in [0.2, 0.25) is 0 Å². The van der Waals surface area contributed by atoms with Gasteiger partial charge in [-0.15, -0.1) is 21.5 Å². The maximum absolute atomic E-state index is 12.6. The van der Waals surface area contributed by atoms with Crippen LogP contribution >= 0.6 is 50.4 Å². The maximum Gasteiger partial charge on any atom is 0.260 e. The van der Waals surface area contributed by atoms with Crippen molar-refractivity contribution in [3.8, 4) is 11.1 Å². The SMILES string of the molecule is O=c1[nH]c(CSc2nncs2)nc2scc(-c3ccc(Br)cc3)c12. The highest BCUT2D eigenvalue weighted by atomic mass is 79.9. The number of nitrogens with one attached hydrogen (secondary N) is 1. The highest BCUT2D eigenvalue weighted by molar-refractivity contribution is 9.10. The number of hydrogen-bond donors (Lipinski definition) is 1. The number of aromatic amines is 1. The molecule has 0 bridgehead atoms. The van der Waals surface area contributed by atoms with Gasteiger partial charge < -0.3 is 4.98 Å². The summed E-state index contributed by atoms with van der Waals surface area (Å²) < 4.78 is 1.87. The molecule has 0 aliphatic heterocycles. The molecule has 3 heterocycles. The van der Waals surface area contributed by atoms with E-state index in [1.165, 1.54) is 34.4 Å². The maximum atomic E-state index is 12.6. The number of aromatic nitrogens is 4. The Bertz CT molecular complexity index is 1040. The Hall–Kier alpha value is -1.55. The van der Waals surface area contributed by atoms with Crippen LogP contribution in [0.15, 0.2) is 48.8 Å². The van der Waals surface area contributed by atoms with Crippen LogP contribution < -0.4 is 5.56 Å². The van der Waals surface area contributed by atoms with Crippen LogP contribution in [0.1, 0.15) is 5.82 Å². The van der Waals surface area contributed by atoms with E-state index in [0.717, 1.165) is 24.8 Å².